The number of fused-ring (bicyclic) bond motifs is 4. The molecular weight excluding hydrogens is 769 g/mol. The number of amides is 4. The lowest BCUT2D eigenvalue weighted by Gasteiger charge is -2.32. The molecule has 3 N–H and O–H groups in total. The molecule has 5 heterocycles. The van der Waals surface area contributed by atoms with E-state index >= 15 is 0 Å². The number of halogens is 1. The van der Waals surface area contributed by atoms with E-state index in [9.17, 15) is 24.3 Å². The van der Waals surface area contributed by atoms with Crippen LogP contribution in [-0.4, -0.2) is 99.5 Å². The van der Waals surface area contributed by atoms with Gasteiger partial charge in [0.05, 0.1) is 43.3 Å². The van der Waals surface area contributed by atoms with Crippen LogP contribution >= 0.6 is 31.5 Å². The van der Waals surface area contributed by atoms with E-state index in [1.165, 1.54) is 4.88 Å². The van der Waals surface area contributed by atoms with Crippen molar-refractivity contribution in [3.05, 3.63) is 91.8 Å². The first-order valence-corrected chi connectivity index (χ1v) is 20.0. The van der Waals surface area contributed by atoms with Gasteiger partial charge in [0.25, 0.3) is 5.91 Å². The lowest BCUT2D eigenvalue weighted by Crippen LogP contribution is -2.53. The topological polar surface area (TPSA) is 187 Å². The van der Waals surface area contributed by atoms with E-state index in [-0.39, 0.29) is 71.2 Å². The van der Waals surface area contributed by atoms with Crippen molar-refractivity contribution in [3.8, 4) is 10.8 Å². The number of piperidine rings is 1. The molecule has 3 aliphatic rings. The Labute approximate surface area is 327 Å². The molecule has 55 heavy (non-hydrogen) atoms. The van der Waals surface area contributed by atoms with Gasteiger partial charge in [-0.25, -0.2) is 0 Å². The van der Waals surface area contributed by atoms with Gasteiger partial charge in [0.2, 0.25) is 17.5 Å². The largest absolute Gasteiger partial charge is 0.491 e. The summed E-state index contributed by atoms with van der Waals surface area (Å²) in [4.78, 5) is 57.7. The monoisotopic (exact) mass is 807 g/mol. The van der Waals surface area contributed by atoms with E-state index in [2.05, 4.69) is 34.7 Å². The lowest BCUT2D eigenvalue weighted by molar-refractivity contribution is -0.139. The Kier molecular flexibility index (Phi) is 11.7. The smallest absolute Gasteiger partial charge is 0.257 e. The molecule has 0 bridgehead atoms. The molecule has 4 atom stereocenters. The molecule has 1 fully saturated rings. The summed E-state index contributed by atoms with van der Waals surface area (Å²) in [6.07, 6.45) is -1.19. The number of carbonyl (C=O) groups is 4. The Balaban J connectivity index is 0.862. The number of hydrogen-bond acceptors (Lipinski definition) is 12. The van der Waals surface area contributed by atoms with Crippen molar-refractivity contribution in [2.45, 2.75) is 51.7 Å². The number of imide groups is 1. The normalized spacial score (nSPS) is 19.2. The second-order valence-electron chi connectivity index (χ2n) is 13.0. The van der Waals surface area contributed by atoms with E-state index in [1.807, 2.05) is 35.8 Å². The number of aliphatic hydroxyl groups excluding tert-OH is 1. The van der Waals surface area contributed by atoms with Gasteiger partial charge < -0.3 is 24.6 Å². The number of aliphatic imine (C=N–C) groups is 1. The van der Waals surface area contributed by atoms with Crippen molar-refractivity contribution in [1.29, 1.82) is 0 Å². The Hall–Kier alpha value is -4.57. The van der Waals surface area contributed by atoms with E-state index in [1.54, 1.807) is 29.5 Å². The number of nitrogens with one attached hydrogen (secondary N) is 2. The highest BCUT2D eigenvalue weighted by Gasteiger charge is 2.45. The molecule has 4 unspecified atom stereocenters. The van der Waals surface area contributed by atoms with E-state index < -0.39 is 35.8 Å². The van der Waals surface area contributed by atoms with Gasteiger partial charge in [0.1, 0.15) is 35.0 Å². The maximum atomic E-state index is 13.2. The molecule has 4 amide bonds. The molecule has 18 heteroatoms. The van der Waals surface area contributed by atoms with Gasteiger partial charge >= 0.3 is 0 Å². The molecule has 288 valence electrons. The number of ether oxygens (including phenoxy) is 3. The molecule has 2 aromatic heterocycles. The predicted octanol–water partition coefficient (Wildman–Crippen LogP) is 4.51. The SMILES string of the molecule is Cc1sc2c(c1C)C(c1ccc(Cl)cc1)=NC(PC(=O)NCCOCCOCCOc1cccc3c1C(O)N(C1CCC(=O)NC1=O)C3=O)c1nnc(C)n1-2. The van der Waals surface area contributed by atoms with Crippen molar-refractivity contribution in [3.63, 3.8) is 0 Å². The van der Waals surface area contributed by atoms with E-state index in [0.29, 0.717) is 23.1 Å². The van der Waals surface area contributed by atoms with Gasteiger partial charge in [0.15, 0.2) is 12.1 Å². The van der Waals surface area contributed by atoms with E-state index in [4.69, 9.17) is 30.8 Å². The third kappa shape index (κ3) is 7.93. The van der Waals surface area contributed by atoms with Crippen LogP contribution in [0.25, 0.3) is 5.00 Å². The summed E-state index contributed by atoms with van der Waals surface area (Å²) in [5.74, 6) is -0.437. The first-order valence-electron chi connectivity index (χ1n) is 17.7. The third-order valence-corrected chi connectivity index (χ3v) is 12.1. The number of carbonyl (C=O) groups excluding carboxylic acids is 4. The Morgan fingerprint density at radius 3 is 2.55 bits per heavy atom. The Morgan fingerprint density at radius 2 is 1.78 bits per heavy atom. The minimum absolute atomic E-state index is 0.0772. The van der Waals surface area contributed by atoms with Crippen LogP contribution in [0, 0.1) is 20.8 Å². The van der Waals surface area contributed by atoms with E-state index in [0.717, 1.165) is 38.1 Å². The quantitative estimate of drug-likeness (QED) is 0.0930. The number of aryl methyl sites for hydroxylation is 2. The zero-order chi connectivity index (χ0) is 38.8. The van der Waals surface area contributed by atoms with Gasteiger partial charge in [-0.05, 0) is 57.0 Å². The highest BCUT2D eigenvalue weighted by atomic mass is 35.5. The highest BCUT2D eigenvalue weighted by Crippen LogP contribution is 2.44. The molecule has 15 nitrogen and oxygen atoms in total. The minimum Gasteiger partial charge on any atom is -0.491 e. The molecule has 0 saturated carbocycles. The fraction of sp³-hybridized carbons (Fsp3) is 0.378. The summed E-state index contributed by atoms with van der Waals surface area (Å²) in [5, 5.41) is 26.6. The Bertz CT molecular complexity index is 2170. The average molecular weight is 808 g/mol. The van der Waals surface area contributed by atoms with Crippen LogP contribution in [0.4, 0.5) is 4.79 Å². The van der Waals surface area contributed by atoms with Crippen LogP contribution in [0.2, 0.25) is 5.02 Å². The summed E-state index contributed by atoms with van der Waals surface area (Å²) in [5.41, 5.74) is 4.14. The van der Waals surface area contributed by atoms with Crippen molar-refractivity contribution >= 4 is 60.6 Å². The first-order chi connectivity index (χ1) is 26.5. The molecule has 0 aliphatic carbocycles. The zero-order valence-electron chi connectivity index (χ0n) is 30.3. The number of thiophene rings is 1. The summed E-state index contributed by atoms with van der Waals surface area (Å²) in [6, 6.07) is 11.4. The maximum Gasteiger partial charge on any atom is 0.257 e. The fourth-order valence-corrected chi connectivity index (χ4v) is 9.07. The molecule has 0 radical (unpaired) electrons. The standard InChI is InChI=1S/C37H39ClN7O8PS/c1-19-20(2)55-36-28(19)30(22-7-9-23(38)10-8-22)41-33(31-43-42-21(3)44(31)36)54-37(50)39-13-14-51-15-16-52-17-18-53-26-6-4-5-24-29(26)35(49)45(34(24)48)25-11-12-27(46)40-32(25)47/h4-10,25,33,35,49,54H,11-18H2,1-3H3,(H,39,50)(H,40,46,47). The Morgan fingerprint density at radius 1 is 1.04 bits per heavy atom. The first kappa shape index (κ1) is 38.7. The number of hydrogen-bond donors (Lipinski definition) is 3. The van der Waals surface area contributed by atoms with Gasteiger partial charge in [-0.3, -0.25) is 39.0 Å². The second kappa shape index (κ2) is 16.7. The van der Waals surface area contributed by atoms with Crippen molar-refractivity contribution in [2.75, 3.05) is 39.6 Å². The molecule has 0 spiro atoms. The molecule has 1 saturated heterocycles. The van der Waals surface area contributed by atoms with Crippen LogP contribution in [0.1, 0.15) is 74.0 Å². The fourth-order valence-electron chi connectivity index (χ4n) is 6.74. The molecule has 3 aliphatic heterocycles. The highest BCUT2D eigenvalue weighted by molar-refractivity contribution is 7.58. The van der Waals surface area contributed by atoms with Gasteiger partial charge in [-0.15, -0.1) is 21.5 Å². The van der Waals surface area contributed by atoms with Gasteiger partial charge in [0, 0.05) is 42.6 Å². The van der Waals surface area contributed by atoms with Crippen molar-refractivity contribution in [1.82, 2.24) is 30.3 Å². The molecular formula is C37H39ClN7O8PS. The minimum atomic E-state index is -1.39. The molecule has 7 rings (SSSR count). The molecule has 4 aromatic rings. The van der Waals surface area contributed by atoms with Gasteiger partial charge in [-0.1, -0.05) is 29.8 Å². The van der Waals surface area contributed by atoms with Gasteiger partial charge in [-0.2, -0.15) is 0 Å². The van der Waals surface area contributed by atoms with Crippen LogP contribution in [-0.2, 0) is 19.1 Å². The van der Waals surface area contributed by atoms with Crippen LogP contribution in [0.3, 0.4) is 0 Å². The van der Waals surface area contributed by atoms with Crippen molar-refractivity contribution < 1.29 is 38.5 Å². The zero-order valence-corrected chi connectivity index (χ0v) is 32.8. The summed E-state index contributed by atoms with van der Waals surface area (Å²) < 4.78 is 19.1. The van der Waals surface area contributed by atoms with Crippen LogP contribution in [0.15, 0.2) is 47.5 Å². The summed E-state index contributed by atoms with van der Waals surface area (Å²) in [7, 11) is -0.253. The summed E-state index contributed by atoms with van der Waals surface area (Å²) in [6.45, 7) is 7.54. The lowest BCUT2D eigenvalue weighted by atomic mass is 10.00. The predicted molar refractivity (Wildman–Crippen MR) is 206 cm³/mol. The molecule has 2 aromatic carbocycles. The third-order valence-electron chi connectivity index (χ3n) is 9.53. The van der Waals surface area contributed by atoms with Crippen molar-refractivity contribution in [2.24, 2.45) is 4.99 Å². The number of aromatic nitrogens is 3. The number of aliphatic hydroxyl groups is 1. The number of rotatable bonds is 14. The number of benzene rings is 2. The summed E-state index contributed by atoms with van der Waals surface area (Å²) >= 11 is 7.86. The maximum absolute atomic E-state index is 13.2. The van der Waals surface area contributed by atoms with Crippen LogP contribution < -0.4 is 15.4 Å². The number of nitrogens with zero attached hydrogens (tertiary/aromatic N) is 5. The average Bonchev–Trinajstić information content (AvgIpc) is 3.74. The second-order valence-corrected chi connectivity index (χ2v) is 16.0. The van der Waals surface area contributed by atoms with Crippen LogP contribution in [0.5, 0.6) is 5.75 Å².